The fourth-order valence-electron chi connectivity index (χ4n) is 2.91. The number of halogens is 1. The largest absolute Gasteiger partial charge is 0.497 e. The normalized spacial score (nSPS) is 11.6. The highest BCUT2D eigenvalue weighted by molar-refractivity contribution is 6.31. The van der Waals surface area contributed by atoms with E-state index in [2.05, 4.69) is 31.2 Å². The number of methoxy groups -OCH3 is 1. The van der Waals surface area contributed by atoms with Gasteiger partial charge in [0.2, 0.25) is 0 Å². The van der Waals surface area contributed by atoms with Crippen LogP contribution in [-0.2, 0) is 20.0 Å². The summed E-state index contributed by atoms with van der Waals surface area (Å²) >= 11 is 6.29. The molecular weight excluding hydrogens is 362 g/mol. The Bertz CT molecular complexity index is 951. The Hall–Kier alpha value is -2.73. The molecule has 0 bridgehead atoms. The molecule has 0 radical (unpaired) electrons. The molecule has 0 spiro atoms. The van der Waals surface area contributed by atoms with Crippen LogP contribution in [0.15, 0.2) is 47.5 Å². The predicted octanol–water partition coefficient (Wildman–Crippen LogP) is 3.14. The number of guanidine groups is 1. The fraction of sp³-hybridized carbons (Fsp3) is 0.300. The quantitative estimate of drug-likeness (QED) is 0.505. The number of aryl methyl sites for hydroxylation is 1. The third-order valence-corrected chi connectivity index (χ3v) is 4.82. The van der Waals surface area contributed by atoms with Gasteiger partial charge >= 0.3 is 0 Å². The number of hydrogen-bond donors (Lipinski definition) is 2. The minimum atomic E-state index is 0.591. The number of aromatic nitrogens is 2. The van der Waals surface area contributed by atoms with Crippen LogP contribution in [0, 0.1) is 0 Å². The number of aliphatic imine (C=N–C) groups is 1. The highest BCUT2D eigenvalue weighted by Crippen LogP contribution is 2.22. The highest BCUT2D eigenvalue weighted by atomic mass is 35.5. The van der Waals surface area contributed by atoms with E-state index < -0.39 is 0 Å². The van der Waals surface area contributed by atoms with Crippen LogP contribution < -0.4 is 15.4 Å². The number of hydrogen-bond acceptors (Lipinski definition) is 3. The number of nitrogens with one attached hydrogen (secondary N) is 2. The topological polar surface area (TPSA) is 63.5 Å². The van der Waals surface area contributed by atoms with E-state index in [0.29, 0.717) is 18.1 Å². The first-order valence-electron chi connectivity index (χ1n) is 8.79. The van der Waals surface area contributed by atoms with Gasteiger partial charge < -0.3 is 19.9 Å². The minimum absolute atomic E-state index is 0.591. The lowest BCUT2D eigenvalue weighted by molar-refractivity contribution is 0.414. The maximum Gasteiger partial charge on any atom is 0.191 e. The Morgan fingerprint density at radius 2 is 2.04 bits per heavy atom. The zero-order valence-corrected chi connectivity index (χ0v) is 16.5. The Balaban J connectivity index is 1.54. The summed E-state index contributed by atoms with van der Waals surface area (Å²) in [6.45, 7) is 1.31. The predicted molar refractivity (Wildman–Crippen MR) is 111 cm³/mol. The van der Waals surface area contributed by atoms with E-state index in [-0.39, 0.29) is 0 Å². The Kier molecular flexibility index (Phi) is 6.19. The summed E-state index contributed by atoms with van der Waals surface area (Å²) < 4.78 is 7.27. The van der Waals surface area contributed by atoms with Crippen molar-refractivity contribution in [3.63, 3.8) is 0 Å². The maximum absolute atomic E-state index is 6.29. The molecule has 0 saturated carbocycles. The molecule has 3 aromatic rings. The van der Waals surface area contributed by atoms with Crippen LogP contribution in [0.4, 0.5) is 0 Å². The average molecular weight is 386 g/mol. The van der Waals surface area contributed by atoms with Gasteiger partial charge in [-0.05, 0) is 36.2 Å². The van der Waals surface area contributed by atoms with Gasteiger partial charge in [-0.25, -0.2) is 4.98 Å². The van der Waals surface area contributed by atoms with Gasteiger partial charge in [0.15, 0.2) is 5.96 Å². The van der Waals surface area contributed by atoms with Crippen molar-refractivity contribution in [2.24, 2.45) is 12.0 Å². The second-order valence-electron chi connectivity index (χ2n) is 6.14. The molecule has 2 N–H and O–H groups in total. The van der Waals surface area contributed by atoms with E-state index in [1.807, 2.05) is 43.4 Å². The molecule has 0 fully saturated rings. The van der Waals surface area contributed by atoms with Crippen LogP contribution in [0.5, 0.6) is 5.75 Å². The zero-order chi connectivity index (χ0) is 19.2. The van der Waals surface area contributed by atoms with Crippen LogP contribution in [0.3, 0.4) is 0 Å². The van der Waals surface area contributed by atoms with Crippen molar-refractivity contribution < 1.29 is 4.74 Å². The monoisotopic (exact) mass is 385 g/mol. The molecule has 1 heterocycles. The summed E-state index contributed by atoms with van der Waals surface area (Å²) in [6, 6.07) is 13.8. The van der Waals surface area contributed by atoms with Crippen molar-refractivity contribution >= 4 is 28.6 Å². The lowest BCUT2D eigenvalue weighted by atomic mass is 10.1. The lowest BCUT2D eigenvalue weighted by Gasteiger charge is -2.12. The Morgan fingerprint density at radius 3 is 2.74 bits per heavy atom. The van der Waals surface area contributed by atoms with E-state index >= 15 is 0 Å². The SMILES string of the molecule is CN=C(NCCc1ccc(OC)cc1Cl)NCc1nc2ccccc2n1C. The summed E-state index contributed by atoms with van der Waals surface area (Å²) in [5.74, 6) is 2.45. The van der Waals surface area contributed by atoms with Crippen molar-refractivity contribution in [1.82, 2.24) is 20.2 Å². The number of fused-ring (bicyclic) bond motifs is 1. The highest BCUT2D eigenvalue weighted by Gasteiger charge is 2.08. The third kappa shape index (κ3) is 4.52. The summed E-state index contributed by atoms with van der Waals surface area (Å²) in [6.07, 6.45) is 0.788. The smallest absolute Gasteiger partial charge is 0.191 e. The van der Waals surface area contributed by atoms with Crippen molar-refractivity contribution in [1.29, 1.82) is 0 Å². The van der Waals surface area contributed by atoms with Gasteiger partial charge in [0, 0.05) is 25.7 Å². The first kappa shape index (κ1) is 19.0. The van der Waals surface area contributed by atoms with E-state index in [4.69, 9.17) is 16.3 Å². The third-order valence-electron chi connectivity index (χ3n) is 4.46. The molecule has 0 atom stereocenters. The van der Waals surface area contributed by atoms with Crippen LogP contribution in [0.1, 0.15) is 11.4 Å². The second-order valence-corrected chi connectivity index (χ2v) is 6.54. The van der Waals surface area contributed by atoms with E-state index in [1.54, 1.807) is 14.2 Å². The van der Waals surface area contributed by atoms with Gasteiger partial charge in [0.25, 0.3) is 0 Å². The molecule has 27 heavy (non-hydrogen) atoms. The lowest BCUT2D eigenvalue weighted by Crippen LogP contribution is -2.38. The van der Waals surface area contributed by atoms with Crippen molar-refractivity contribution in [3.05, 3.63) is 58.9 Å². The standard InChI is InChI=1S/C20H24ClN5O/c1-22-20(23-11-10-14-8-9-15(27-3)12-16(14)21)24-13-19-25-17-6-4-5-7-18(17)26(19)2/h4-9,12H,10-11,13H2,1-3H3,(H2,22,23,24). The minimum Gasteiger partial charge on any atom is -0.497 e. The molecule has 0 saturated heterocycles. The Morgan fingerprint density at radius 1 is 1.22 bits per heavy atom. The number of benzene rings is 2. The molecular formula is C20H24ClN5O. The van der Waals surface area contributed by atoms with Gasteiger partial charge in [-0.3, -0.25) is 4.99 Å². The van der Waals surface area contributed by atoms with E-state index in [0.717, 1.165) is 40.6 Å². The van der Waals surface area contributed by atoms with Crippen LogP contribution in [-0.4, -0.2) is 36.2 Å². The van der Waals surface area contributed by atoms with Crippen molar-refractivity contribution in [3.8, 4) is 5.75 Å². The van der Waals surface area contributed by atoms with Crippen LogP contribution in [0.2, 0.25) is 5.02 Å². The summed E-state index contributed by atoms with van der Waals surface area (Å²) in [7, 11) is 5.41. The van der Waals surface area contributed by atoms with E-state index in [9.17, 15) is 0 Å². The van der Waals surface area contributed by atoms with Gasteiger partial charge in [-0.1, -0.05) is 29.8 Å². The molecule has 142 valence electrons. The first-order chi connectivity index (χ1) is 13.1. The van der Waals surface area contributed by atoms with Gasteiger partial charge in [-0.2, -0.15) is 0 Å². The summed E-state index contributed by atoms with van der Waals surface area (Å²) in [5, 5.41) is 7.33. The number of ether oxygens (including phenoxy) is 1. The summed E-state index contributed by atoms with van der Waals surface area (Å²) in [4.78, 5) is 8.93. The van der Waals surface area contributed by atoms with Crippen LogP contribution in [0.25, 0.3) is 11.0 Å². The molecule has 1 aromatic heterocycles. The van der Waals surface area contributed by atoms with Gasteiger partial charge in [-0.15, -0.1) is 0 Å². The first-order valence-corrected chi connectivity index (χ1v) is 9.17. The van der Waals surface area contributed by atoms with Crippen molar-refractivity contribution in [2.75, 3.05) is 20.7 Å². The van der Waals surface area contributed by atoms with Gasteiger partial charge in [0.1, 0.15) is 11.6 Å². The molecule has 2 aromatic carbocycles. The fourth-order valence-corrected chi connectivity index (χ4v) is 3.18. The number of para-hydroxylation sites is 2. The Labute approximate surface area is 164 Å². The average Bonchev–Trinajstić information content (AvgIpc) is 3.01. The molecule has 6 nitrogen and oxygen atoms in total. The molecule has 0 aliphatic carbocycles. The number of imidazole rings is 1. The number of nitrogens with zero attached hydrogens (tertiary/aromatic N) is 3. The molecule has 3 rings (SSSR count). The van der Waals surface area contributed by atoms with Crippen LogP contribution >= 0.6 is 11.6 Å². The second kappa shape index (κ2) is 8.77. The van der Waals surface area contributed by atoms with Gasteiger partial charge in [0.05, 0.1) is 24.7 Å². The molecule has 0 aliphatic rings. The zero-order valence-electron chi connectivity index (χ0n) is 15.8. The van der Waals surface area contributed by atoms with E-state index in [1.165, 1.54) is 0 Å². The molecule has 7 heteroatoms. The van der Waals surface area contributed by atoms with Crippen molar-refractivity contribution in [2.45, 2.75) is 13.0 Å². The molecule has 0 amide bonds. The maximum atomic E-state index is 6.29. The molecule has 0 unspecified atom stereocenters. The summed E-state index contributed by atoms with van der Waals surface area (Å²) in [5.41, 5.74) is 3.18. The molecule has 0 aliphatic heterocycles. The number of rotatable bonds is 6.